The molecule has 1 unspecified atom stereocenters. The molecular formula is C15H19NS. The smallest absolute Gasteiger partial charge is 0.0369 e. The van der Waals surface area contributed by atoms with Crippen molar-refractivity contribution < 1.29 is 0 Å². The Hall–Kier alpha value is -1.12. The number of hydrogen-bond acceptors (Lipinski definition) is 2. The Morgan fingerprint density at radius 3 is 2.65 bits per heavy atom. The Labute approximate surface area is 108 Å². The average Bonchev–Trinajstić information content (AvgIpc) is 2.83. The Morgan fingerprint density at radius 2 is 2.00 bits per heavy atom. The van der Waals surface area contributed by atoms with Crippen LogP contribution in [0.4, 0.5) is 0 Å². The van der Waals surface area contributed by atoms with Crippen LogP contribution in [0.15, 0.2) is 35.7 Å². The molecule has 0 fully saturated rings. The molecule has 0 bridgehead atoms. The van der Waals surface area contributed by atoms with Gasteiger partial charge in [0.05, 0.1) is 0 Å². The Bertz CT molecular complexity index is 474. The summed E-state index contributed by atoms with van der Waals surface area (Å²) < 4.78 is 0. The topological polar surface area (TPSA) is 12.0 Å². The van der Waals surface area contributed by atoms with E-state index < -0.39 is 0 Å². The van der Waals surface area contributed by atoms with Crippen molar-refractivity contribution in [3.63, 3.8) is 0 Å². The maximum atomic E-state index is 3.43. The molecule has 1 aromatic carbocycles. The highest BCUT2D eigenvalue weighted by Gasteiger charge is 2.13. The molecule has 1 N–H and O–H groups in total. The summed E-state index contributed by atoms with van der Waals surface area (Å²) in [6.07, 6.45) is 1.07. The van der Waals surface area contributed by atoms with Gasteiger partial charge in [0.25, 0.3) is 0 Å². The molecule has 0 saturated heterocycles. The SMILES string of the molecule is CNC(Cc1cccs1)c1cccc(C)c1C. The van der Waals surface area contributed by atoms with E-state index in [9.17, 15) is 0 Å². The molecule has 1 heterocycles. The fourth-order valence-corrected chi connectivity index (χ4v) is 2.90. The molecule has 0 radical (unpaired) electrons. The maximum Gasteiger partial charge on any atom is 0.0369 e. The van der Waals surface area contributed by atoms with Crippen molar-refractivity contribution in [1.82, 2.24) is 5.32 Å². The van der Waals surface area contributed by atoms with Gasteiger partial charge in [-0.15, -0.1) is 11.3 Å². The number of likely N-dealkylation sites (N-methyl/N-ethyl adjacent to an activating group) is 1. The van der Waals surface area contributed by atoms with Crippen molar-refractivity contribution in [2.45, 2.75) is 26.3 Å². The van der Waals surface area contributed by atoms with Crippen molar-refractivity contribution >= 4 is 11.3 Å². The number of rotatable bonds is 4. The van der Waals surface area contributed by atoms with Crippen LogP contribution in [0.25, 0.3) is 0 Å². The molecule has 1 nitrogen and oxygen atoms in total. The van der Waals surface area contributed by atoms with Crippen molar-refractivity contribution in [1.29, 1.82) is 0 Å². The zero-order chi connectivity index (χ0) is 12.3. The second-order valence-electron chi connectivity index (χ2n) is 4.41. The Morgan fingerprint density at radius 1 is 1.18 bits per heavy atom. The van der Waals surface area contributed by atoms with Crippen molar-refractivity contribution in [3.05, 3.63) is 57.3 Å². The molecule has 0 saturated carbocycles. The minimum atomic E-state index is 0.411. The molecule has 1 atom stereocenters. The van der Waals surface area contributed by atoms with E-state index in [1.54, 1.807) is 0 Å². The summed E-state index contributed by atoms with van der Waals surface area (Å²) >= 11 is 1.83. The molecule has 0 aliphatic carbocycles. The van der Waals surface area contributed by atoms with Crippen LogP contribution in [0.1, 0.15) is 27.6 Å². The van der Waals surface area contributed by atoms with Crippen LogP contribution >= 0.6 is 11.3 Å². The average molecular weight is 245 g/mol. The number of aryl methyl sites for hydroxylation is 1. The van der Waals surface area contributed by atoms with E-state index in [0.717, 1.165) is 6.42 Å². The minimum Gasteiger partial charge on any atom is -0.313 e. The fraction of sp³-hybridized carbons (Fsp3) is 0.333. The molecule has 90 valence electrons. The number of benzene rings is 1. The first-order valence-electron chi connectivity index (χ1n) is 5.98. The van der Waals surface area contributed by atoms with Crippen LogP contribution in [0.2, 0.25) is 0 Å². The van der Waals surface area contributed by atoms with Gasteiger partial charge in [-0.1, -0.05) is 24.3 Å². The highest BCUT2D eigenvalue weighted by molar-refractivity contribution is 7.09. The summed E-state index contributed by atoms with van der Waals surface area (Å²) in [5.74, 6) is 0. The lowest BCUT2D eigenvalue weighted by Gasteiger charge is -2.19. The lowest BCUT2D eigenvalue weighted by molar-refractivity contribution is 0.593. The van der Waals surface area contributed by atoms with Gasteiger partial charge in [0.15, 0.2) is 0 Å². The van der Waals surface area contributed by atoms with Gasteiger partial charge in [-0.05, 0) is 49.0 Å². The zero-order valence-electron chi connectivity index (χ0n) is 10.7. The van der Waals surface area contributed by atoms with E-state index in [2.05, 4.69) is 54.9 Å². The van der Waals surface area contributed by atoms with E-state index in [-0.39, 0.29) is 0 Å². The number of thiophene rings is 1. The van der Waals surface area contributed by atoms with E-state index in [0.29, 0.717) is 6.04 Å². The Kier molecular flexibility index (Phi) is 3.97. The third-order valence-electron chi connectivity index (χ3n) is 3.36. The van der Waals surface area contributed by atoms with Gasteiger partial charge in [0.1, 0.15) is 0 Å². The summed E-state index contributed by atoms with van der Waals surface area (Å²) in [7, 11) is 2.04. The summed E-state index contributed by atoms with van der Waals surface area (Å²) in [4.78, 5) is 1.44. The zero-order valence-corrected chi connectivity index (χ0v) is 11.5. The first-order chi connectivity index (χ1) is 8.22. The standard InChI is InChI=1S/C15H19NS/c1-11-6-4-8-14(12(11)2)15(16-3)10-13-7-5-9-17-13/h4-9,15-16H,10H2,1-3H3. The highest BCUT2D eigenvalue weighted by atomic mass is 32.1. The normalized spacial score (nSPS) is 12.6. The van der Waals surface area contributed by atoms with Crippen LogP contribution in [0.5, 0.6) is 0 Å². The van der Waals surface area contributed by atoms with Gasteiger partial charge in [-0.3, -0.25) is 0 Å². The van der Waals surface area contributed by atoms with Crippen molar-refractivity contribution in [3.8, 4) is 0 Å². The lowest BCUT2D eigenvalue weighted by Crippen LogP contribution is -2.19. The molecule has 1 aromatic heterocycles. The first-order valence-corrected chi connectivity index (χ1v) is 6.86. The highest BCUT2D eigenvalue weighted by Crippen LogP contribution is 2.25. The summed E-state index contributed by atoms with van der Waals surface area (Å²) in [6.45, 7) is 4.39. The van der Waals surface area contributed by atoms with Gasteiger partial charge < -0.3 is 5.32 Å². The molecule has 0 spiro atoms. The predicted octanol–water partition coefficient (Wildman–Crippen LogP) is 3.87. The molecule has 2 heteroatoms. The van der Waals surface area contributed by atoms with Gasteiger partial charge >= 0.3 is 0 Å². The van der Waals surface area contributed by atoms with Crippen molar-refractivity contribution in [2.24, 2.45) is 0 Å². The second kappa shape index (κ2) is 5.48. The molecule has 0 amide bonds. The summed E-state index contributed by atoms with van der Waals surface area (Å²) in [5, 5.41) is 5.58. The molecule has 17 heavy (non-hydrogen) atoms. The van der Waals surface area contributed by atoms with Crippen LogP contribution in [0.3, 0.4) is 0 Å². The second-order valence-corrected chi connectivity index (χ2v) is 5.45. The monoisotopic (exact) mass is 245 g/mol. The Balaban J connectivity index is 2.26. The van der Waals surface area contributed by atoms with E-state index in [1.165, 1.54) is 21.6 Å². The molecular weight excluding hydrogens is 226 g/mol. The lowest BCUT2D eigenvalue weighted by atomic mass is 9.95. The van der Waals surface area contributed by atoms with E-state index >= 15 is 0 Å². The molecule has 0 aliphatic heterocycles. The largest absolute Gasteiger partial charge is 0.313 e. The van der Waals surface area contributed by atoms with Crippen molar-refractivity contribution in [2.75, 3.05) is 7.05 Å². The summed E-state index contributed by atoms with van der Waals surface area (Å²) in [5.41, 5.74) is 4.19. The third-order valence-corrected chi connectivity index (χ3v) is 4.25. The van der Waals surface area contributed by atoms with E-state index in [4.69, 9.17) is 0 Å². The van der Waals surface area contributed by atoms with Crippen LogP contribution < -0.4 is 5.32 Å². The number of nitrogens with one attached hydrogen (secondary N) is 1. The fourth-order valence-electron chi connectivity index (χ4n) is 2.15. The van der Waals surface area contributed by atoms with E-state index in [1.807, 2.05) is 18.4 Å². The summed E-state index contributed by atoms with van der Waals surface area (Å²) in [6, 6.07) is 11.3. The van der Waals surface area contributed by atoms with Crippen LogP contribution in [-0.4, -0.2) is 7.05 Å². The van der Waals surface area contributed by atoms with Gasteiger partial charge in [0.2, 0.25) is 0 Å². The minimum absolute atomic E-state index is 0.411. The van der Waals surface area contributed by atoms with Gasteiger partial charge in [-0.25, -0.2) is 0 Å². The van der Waals surface area contributed by atoms with Crippen LogP contribution in [-0.2, 0) is 6.42 Å². The molecule has 2 aromatic rings. The predicted molar refractivity (Wildman–Crippen MR) is 75.7 cm³/mol. The molecule has 2 rings (SSSR count). The molecule has 0 aliphatic rings. The first kappa shape index (κ1) is 12.3. The van der Waals surface area contributed by atoms with Gasteiger partial charge in [0, 0.05) is 17.3 Å². The third kappa shape index (κ3) is 2.76. The maximum absolute atomic E-state index is 3.43. The quantitative estimate of drug-likeness (QED) is 0.862. The van der Waals surface area contributed by atoms with Gasteiger partial charge in [-0.2, -0.15) is 0 Å². The van der Waals surface area contributed by atoms with Crippen LogP contribution in [0, 0.1) is 13.8 Å². The number of hydrogen-bond donors (Lipinski definition) is 1.